The lowest BCUT2D eigenvalue weighted by Crippen LogP contribution is -2.33. The van der Waals surface area contributed by atoms with Crippen molar-refractivity contribution >= 4 is 12.4 Å². The average Bonchev–Trinajstić information content (AvgIpc) is 2.96. The molecule has 0 radical (unpaired) electrons. The molecule has 20 heavy (non-hydrogen) atoms. The number of nitrogens with zero attached hydrogens (tertiary/aromatic N) is 2. The van der Waals surface area contributed by atoms with Crippen molar-refractivity contribution in [2.45, 2.75) is 12.7 Å². The lowest BCUT2D eigenvalue weighted by Gasteiger charge is -2.19. The highest BCUT2D eigenvalue weighted by atomic mass is 35.5. The van der Waals surface area contributed by atoms with E-state index in [9.17, 15) is 0 Å². The molecule has 1 N–H and O–H groups in total. The first-order valence-electron chi connectivity index (χ1n) is 6.24. The summed E-state index contributed by atoms with van der Waals surface area (Å²) in [7, 11) is 0. The molecular weight excluding hydrogens is 282 g/mol. The number of nitrogens with one attached hydrogen (secondary N) is 1. The second-order valence-electron chi connectivity index (χ2n) is 4.21. The minimum absolute atomic E-state index is 0. The maximum Gasteiger partial charge on any atom is 0.257 e. The first kappa shape index (κ1) is 14.8. The molecule has 0 amide bonds. The van der Waals surface area contributed by atoms with E-state index in [1.165, 1.54) is 0 Å². The quantitative estimate of drug-likeness (QED) is 0.927. The molecule has 1 aromatic carbocycles. The zero-order valence-electron chi connectivity index (χ0n) is 10.8. The molecule has 2 heterocycles. The van der Waals surface area contributed by atoms with Crippen LogP contribution < -0.4 is 10.1 Å². The molecule has 2 aromatic rings. The van der Waals surface area contributed by atoms with Gasteiger partial charge >= 0.3 is 0 Å². The van der Waals surface area contributed by atoms with Gasteiger partial charge in [0, 0.05) is 13.1 Å². The molecule has 108 valence electrons. The number of halogens is 1. The number of hydrogen-bond acceptors (Lipinski definition) is 6. The van der Waals surface area contributed by atoms with Crippen molar-refractivity contribution < 1.29 is 14.0 Å². The third-order valence-corrected chi connectivity index (χ3v) is 2.80. The van der Waals surface area contributed by atoms with Crippen molar-refractivity contribution in [3.8, 4) is 5.75 Å². The summed E-state index contributed by atoms with van der Waals surface area (Å²) in [4.78, 5) is 4.28. The van der Waals surface area contributed by atoms with Gasteiger partial charge in [-0.3, -0.25) is 0 Å². The van der Waals surface area contributed by atoms with Crippen LogP contribution in [0.15, 0.2) is 34.9 Å². The zero-order chi connectivity index (χ0) is 12.9. The van der Waals surface area contributed by atoms with Crippen LogP contribution in [0, 0.1) is 0 Å². The van der Waals surface area contributed by atoms with Crippen LogP contribution in [0.2, 0.25) is 0 Å². The monoisotopic (exact) mass is 297 g/mol. The van der Waals surface area contributed by atoms with Crippen molar-refractivity contribution in [1.82, 2.24) is 15.5 Å². The summed E-state index contributed by atoms with van der Waals surface area (Å²) in [5.41, 5.74) is 0. The van der Waals surface area contributed by atoms with Gasteiger partial charge in [0.2, 0.25) is 5.82 Å². The summed E-state index contributed by atoms with van der Waals surface area (Å²) in [5.74, 6) is 1.80. The number of ether oxygens (including phenoxy) is 2. The first-order valence-corrected chi connectivity index (χ1v) is 6.24. The van der Waals surface area contributed by atoms with Gasteiger partial charge in [-0.25, -0.2) is 0 Å². The summed E-state index contributed by atoms with van der Waals surface area (Å²) in [6.07, 6.45) is -0.160. The number of aromatic nitrogens is 2. The fourth-order valence-electron chi connectivity index (χ4n) is 1.85. The zero-order valence-corrected chi connectivity index (χ0v) is 11.6. The molecule has 7 heteroatoms. The van der Waals surface area contributed by atoms with Crippen molar-refractivity contribution in [2.24, 2.45) is 0 Å². The van der Waals surface area contributed by atoms with Gasteiger partial charge in [-0.2, -0.15) is 4.98 Å². The second-order valence-corrected chi connectivity index (χ2v) is 4.21. The Balaban J connectivity index is 0.00000147. The van der Waals surface area contributed by atoms with E-state index < -0.39 is 0 Å². The third kappa shape index (κ3) is 3.69. The standard InChI is InChI=1S/C13H15N3O3.ClH/c1-2-4-10(5-3-1)18-9-12-15-13(19-16-12)11-8-14-6-7-17-11;/h1-5,11,14H,6-9H2;1H/t11-;/m1./s1. The molecule has 0 unspecified atom stereocenters. The molecule has 1 atom stereocenters. The van der Waals surface area contributed by atoms with Crippen LogP contribution in [0.4, 0.5) is 0 Å². The molecule has 1 aliphatic heterocycles. The Morgan fingerprint density at radius 3 is 2.90 bits per heavy atom. The molecule has 1 fully saturated rings. The van der Waals surface area contributed by atoms with Crippen LogP contribution in [0.5, 0.6) is 5.75 Å². The van der Waals surface area contributed by atoms with Gasteiger partial charge in [0.15, 0.2) is 6.61 Å². The lowest BCUT2D eigenvalue weighted by atomic mass is 10.3. The lowest BCUT2D eigenvalue weighted by molar-refractivity contribution is 0.00755. The van der Waals surface area contributed by atoms with E-state index in [0.717, 1.165) is 12.3 Å². The minimum Gasteiger partial charge on any atom is -0.485 e. The summed E-state index contributed by atoms with van der Waals surface area (Å²) in [6.45, 7) is 2.49. The highest BCUT2D eigenvalue weighted by Gasteiger charge is 2.22. The molecular formula is C13H16ClN3O3. The predicted molar refractivity (Wildman–Crippen MR) is 73.9 cm³/mol. The van der Waals surface area contributed by atoms with E-state index in [-0.39, 0.29) is 25.1 Å². The van der Waals surface area contributed by atoms with E-state index >= 15 is 0 Å². The fourth-order valence-corrected chi connectivity index (χ4v) is 1.85. The predicted octanol–water partition coefficient (Wildman–Crippen LogP) is 1.73. The van der Waals surface area contributed by atoms with Crippen molar-refractivity contribution in [3.05, 3.63) is 42.0 Å². The molecule has 0 spiro atoms. The van der Waals surface area contributed by atoms with E-state index in [2.05, 4.69) is 15.5 Å². The second kappa shape index (κ2) is 7.23. The van der Waals surface area contributed by atoms with Crippen molar-refractivity contribution in [2.75, 3.05) is 19.7 Å². The van der Waals surface area contributed by atoms with Gasteiger partial charge in [0.25, 0.3) is 5.89 Å². The summed E-state index contributed by atoms with van der Waals surface area (Å²) < 4.78 is 16.3. The van der Waals surface area contributed by atoms with Gasteiger partial charge in [-0.15, -0.1) is 12.4 Å². The topological polar surface area (TPSA) is 69.4 Å². The number of hydrogen-bond donors (Lipinski definition) is 1. The Hall–Kier alpha value is -1.63. The fraction of sp³-hybridized carbons (Fsp3) is 0.385. The Morgan fingerprint density at radius 1 is 1.30 bits per heavy atom. The van der Waals surface area contributed by atoms with Crippen LogP contribution in [-0.4, -0.2) is 29.8 Å². The summed E-state index contributed by atoms with van der Waals surface area (Å²) in [6, 6.07) is 9.54. The van der Waals surface area contributed by atoms with Gasteiger partial charge in [0.1, 0.15) is 11.9 Å². The Labute approximate surface area is 122 Å². The third-order valence-electron chi connectivity index (χ3n) is 2.80. The van der Waals surface area contributed by atoms with Crippen LogP contribution in [-0.2, 0) is 11.3 Å². The van der Waals surface area contributed by atoms with Crippen molar-refractivity contribution in [3.63, 3.8) is 0 Å². The summed E-state index contributed by atoms with van der Waals surface area (Å²) in [5, 5.41) is 7.10. The minimum atomic E-state index is -0.160. The average molecular weight is 298 g/mol. The molecule has 0 aliphatic carbocycles. The van der Waals surface area contributed by atoms with Crippen molar-refractivity contribution in [1.29, 1.82) is 0 Å². The molecule has 1 saturated heterocycles. The number of rotatable bonds is 4. The van der Waals surface area contributed by atoms with Crippen LogP contribution in [0.3, 0.4) is 0 Å². The molecule has 0 bridgehead atoms. The van der Waals surface area contributed by atoms with E-state index in [4.69, 9.17) is 14.0 Å². The maximum atomic E-state index is 5.55. The van der Waals surface area contributed by atoms with Crippen LogP contribution in [0.1, 0.15) is 17.8 Å². The molecule has 3 rings (SSSR count). The molecule has 1 aromatic heterocycles. The Kier molecular flexibility index (Phi) is 5.34. The molecule has 0 saturated carbocycles. The SMILES string of the molecule is Cl.c1ccc(OCc2noc([C@H]3CNCCO3)n2)cc1. The van der Waals surface area contributed by atoms with Gasteiger partial charge in [-0.1, -0.05) is 23.4 Å². The normalized spacial score (nSPS) is 18.3. The number of para-hydroxylation sites is 1. The van der Waals surface area contributed by atoms with E-state index in [1.54, 1.807) is 0 Å². The summed E-state index contributed by atoms with van der Waals surface area (Å²) >= 11 is 0. The number of benzene rings is 1. The smallest absolute Gasteiger partial charge is 0.257 e. The largest absolute Gasteiger partial charge is 0.485 e. The Bertz CT molecular complexity index is 515. The highest BCUT2D eigenvalue weighted by molar-refractivity contribution is 5.85. The highest BCUT2D eigenvalue weighted by Crippen LogP contribution is 2.17. The van der Waals surface area contributed by atoms with Crippen LogP contribution >= 0.6 is 12.4 Å². The van der Waals surface area contributed by atoms with E-state index in [1.807, 2.05) is 30.3 Å². The van der Waals surface area contributed by atoms with Crippen LogP contribution in [0.25, 0.3) is 0 Å². The first-order chi connectivity index (χ1) is 9.42. The number of morpholine rings is 1. The van der Waals surface area contributed by atoms with Gasteiger partial charge in [0.05, 0.1) is 6.61 Å². The maximum absolute atomic E-state index is 5.55. The van der Waals surface area contributed by atoms with Gasteiger partial charge < -0.3 is 19.3 Å². The van der Waals surface area contributed by atoms with Gasteiger partial charge in [-0.05, 0) is 12.1 Å². The van der Waals surface area contributed by atoms with E-state index in [0.29, 0.717) is 24.9 Å². The molecule has 1 aliphatic rings. The Morgan fingerprint density at radius 2 is 2.15 bits per heavy atom. The molecule has 6 nitrogen and oxygen atoms in total.